The Hall–Kier alpha value is -3.19. The minimum atomic E-state index is -0.456. The second kappa shape index (κ2) is 10.2. The van der Waals surface area contributed by atoms with Crippen molar-refractivity contribution in [3.63, 3.8) is 0 Å². The summed E-state index contributed by atoms with van der Waals surface area (Å²) in [6, 6.07) is 15.4. The number of rotatable bonds is 8. The lowest BCUT2D eigenvalue weighted by atomic mass is 10.00. The summed E-state index contributed by atoms with van der Waals surface area (Å²) >= 11 is 1.71. The highest BCUT2D eigenvalue weighted by atomic mass is 32.1. The van der Waals surface area contributed by atoms with Crippen LogP contribution in [0.15, 0.2) is 60.0 Å². The Balaban J connectivity index is 1.35. The standard InChI is InChI=1S/C28H29FN2O3S/c1-19-5-2-3-8-25(19)34-18-24-23-12-14-35-26(23)11-13-31(24)27(32)17-30(16-20-9-10-20)28(33)21-6-4-7-22(29)15-21/h2-8,12,14-15,20,24H,9-11,13,16-18H2,1H3/t24-/m0/s1. The molecule has 2 heterocycles. The van der Waals surface area contributed by atoms with Crippen LogP contribution in [0.2, 0.25) is 0 Å². The van der Waals surface area contributed by atoms with E-state index in [9.17, 15) is 14.0 Å². The Bertz CT molecular complexity index is 1220. The molecule has 1 aromatic heterocycles. The molecule has 0 radical (unpaired) electrons. The molecule has 1 saturated carbocycles. The first-order valence-electron chi connectivity index (χ1n) is 12.1. The van der Waals surface area contributed by atoms with E-state index in [-0.39, 0.29) is 30.0 Å². The van der Waals surface area contributed by atoms with Gasteiger partial charge in [-0.1, -0.05) is 24.3 Å². The van der Waals surface area contributed by atoms with Crippen molar-refractivity contribution in [1.82, 2.24) is 9.80 Å². The Kier molecular flexibility index (Phi) is 6.86. The number of amides is 2. The molecule has 1 atom stereocenters. The van der Waals surface area contributed by atoms with Crippen LogP contribution in [0, 0.1) is 18.7 Å². The zero-order valence-electron chi connectivity index (χ0n) is 19.8. The number of carbonyl (C=O) groups excluding carboxylic acids is 2. The SMILES string of the molecule is Cc1ccccc1OC[C@H]1c2ccsc2CCN1C(=O)CN(CC1CC1)C(=O)c1cccc(F)c1. The number of hydrogen-bond donors (Lipinski definition) is 0. The molecule has 1 aliphatic heterocycles. The van der Waals surface area contributed by atoms with E-state index in [4.69, 9.17) is 4.74 Å². The van der Waals surface area contributed by atoms with Crippen LogP contribution in [0.5, 0.6) is 5.75 Å². The molecule has 5 rings (SSSR count). The highest BCUT2D eigenvalue weighted by Crippen LogP contribution is 2.35. The van der Waals surface area contributed by atoms with E-state index in [1.54, 1.807) is 22.3 Å². The number of aryl methyl sites for hydroxylation is 1. The molecule has 0 spiro atoms. The molecule has 2 amide bonds. The molecule has 2 aliphatic rings. The number of benzene rings is 2. The smallest absolute Gasteiger partial charge is 0.254 e. The van der Waals surface area contributed by atoms with Crippen LogP contribution < -0.4 is 4.74 Å². The number of carbonyl (C=O) groups is 2. The minimum Gasteiger partial charge on any atom is -0.491 e. The topological polar surface area (TPSA) is 49.9 Å². The van der Waals surface area contributed by atoms with Crippen LogP contribution >= 0.6 is 11.3 Å². The molecule has 5 nitrogen and oxygen atoms in total. The lowest BCUT2D eigenvalue weighted by Gasteiger charge is -2.37. The average Bonchev–Trinajstić information content (AvgIpc) is 3.54. The van der Waals surface area contributed by atoms with Crippen LogP contribution in [0.25, 0.3) is 0 Å². The molecule has 3 aromatic rings. The molecule has 182 valence electrons. The van der Waals surface area contributed by atoms with Gasteiger partial charge in [-0.3, -0.25) is 9.59 Å². The maximum atomic E-state index is 13.8. The summed E-state index contributed by atoms with van der Waals surface area (Å²) in [5.41, 5.74) is 2.44. The lowest BCUT2D eigenvalue weighted by Crippen LogP contribution is -2.48. The van der Waals surface area contributed by atoms with Crippen LogP contribution in [0.1, 0.15) is 45.2 Å². The number of thiophene rings is 1. The van der Waals surface area contributed by atoms with Crippen molar-refractivity contribution >= 4 is 23.2 Å². The zero-order valence-corrected chi connectivity index (χ0v) is 20.6. The van der Waals surface area contributed by atoms with Crippen LogP contribution in [-0.2, 0) is 11.2 Å². The number of ether oxygens (including phenoxy) is 1. The van der Waals surface area contributed by atoms with Crippen molar-refractivity contribution in [2.75, 3.05) is 26.2 Å². The molecule has 0 unspecified atom stereocenters. The largest absolute Gasteiger partial charge is 0.491 e. The van der Waals surface area contributed by atoms with Gasteiger partial charge < -0.3 is 14.5 Å². The van der Waals surface area contributed by atoms with E-state index in [0.29, 0.717) is 25.6 Å². The van der Waals surface area contributed by atoms with Crippen molar-refractivity contribution in [2.45, 2.75) is 32.2 Å². The third-order valence-electron chi connectivity index (χ3n) is 6.77. The third-order valence-corrected chi connectivity index (χ3v) is 7.76. The summed E-state index contributed by atoms with van der Waals surface area (Å²) in [5.74, 6) is 0.350. The van der Waals surface area contributed by atoms with Gasteiger partial charge in [-0.05, 0) is 78.9 Å². The summed E-state index contributed by atoms with van der Waals surface area (Å²) in [5, 5.41) is 2.06. The zero-order chi connectivity index (χ0) is 24.4. The second-order valence-electron chi connectivity index (χ2n) is 9.37. The number of nitrogens with zero attached hydrogens (tertiary/aromatic N) is 2. The van der Waals surface area contributed by atoms with Gasteiger partial charge in [-0.25, -0.2) is 4.39 Å². The van der Waals surface area contributed by atoms with Gasteiger partial charge >= 0.3 is 0 Å². The fourth-order valence-electron chi connectivity index (χ4n) is 4.65. The predicted octanol–water partition coefficient (Wildman–Crippen LogP) is 5.25. The highest BCUT2D eigenvalue weighted by molar-refractivity contribution is 7.10. The predicted molar refractivity (Wildman–Crippen MR) is 134 cm³/mol. The molecule has 2 aromatic carbocycles. The van der Waals surface area contributed by atoms with Crippen molar-refractivity contribution in [3.05, 3.63) is 87.4 Å². The van der Waals surface area contributed by atoms with E-state index in [0.717, 1.165) is 36.1 Å². The van der Waals surface area contributed by atoms with E-state index in [1.165, 1.54) is 23.1 Å². The molecule has 35 heavy (non-hydrogen) atoms. The summed E-state index contributed by atoms with van der Waals surface area (Å²) in [7, 11) is 0. The first kappa shape index (κ1) is 23.5. The van der Waals surface area contributed by atoms with Gasteiger partial charge in [0.05, 0.1) is 6.04 Å². The van der Waals surface area contributed by atoms with Gasteiger partial charge in [0.1, 0.15) is 24.7 Å². The first-order chi connectivity index (χ1) is 17.0. The van der Waals surface area contributed by atoms with Gasteiger partial charge in [0.2, 0.25) is 5.91 Å². The van der Waals surface area contributed by atoms with Gasteiger partial charge in [-0.15, -0.1) is 11.3 Å². The van der Waals surface area contributed by atoms with Gasteiger partial charge in [-0.2, -0.15) is 0 Å². The number of fused-ring (bicyclic) bond motifs is 1. The summed E-state index contributed by atoms with van der Waals surface area (Å²) < 4.78 is 20.0. The van der Waals surface area contributed by atoms with E-state index in [2.05, 4.69) is 11.4 Å². The maximum absolute atomic E-state index is 13.8. The van der Waals surface area contributed by atoms with Gasteiger partial charge in [0, 0.05) is 23.5 Å². The fraction of sp³-hybridized carbons (Fsp3) is 0.357. The molecular formula is C28H29FN2O3S. The minimum absolute atomic E-state index is 0.0216. The molecule has 1 fully saturated rings. The van der Waals surface area contributed by atoms with Crippen molar-refractivity contribution in [1.29, 1.82) is 0 Å². The van der Waals surface area contributed by atoms with Crippen LogP contribution in [-0.4, -0.2) is 47.9 Å². The van der Waals surface area contributed by atoms with E-state index >= 15 is 0 Å². The summed E-state index contributed by atoms with van der Waals surface area (Å²) in [6.07, 6.45) is 2.89. The Morgan fingerprint density at radius 3 is 2.74 bits per heavy atom. The monoisotopic (exact) mass is 492 g/mol. The molecule has 0 bridgehead atoms. The Morgan fingerprint density at radius 2 is 1.97 bits per heavy atom. The molecule has 0 N–H and O–H groups in total. The van der Waals surface area contributed by atoms with Gasteiger partial charge in [0.15, 0.2) is 0 Å². The Labute approximate surface area is 209 Å². The van der Waals surface area contributed by atoms with Crippen molar-refractivity contribution < 1.29 is 18.7 Å². The maximum Gasteiger partial charge on any atom is 0.254 e. The van der Waals surface area contributed by atoms with E-state index in [1.807, 2.05) is 36.1 Å². The first-order valence-corrected chi connectivity index (χ1v) is 13.0. The highest BCUT2D eigenvalue weighted by Gasteiger charge is 2.35. The fourth-order valence-corrected chi connectivity index (χ4v) is 5.58. The second-order valence-corrected chi connectivity index (χ2v) is 10.4. The van der Waals surface area contributed by atoms with Crippen LogP contribution in [0.4, 0.5) is 4.39 Å². The normalized spacial score (nSPS) is 17.1. The number of para-hydroxylation sites is 1. The number of hydrogen-bond acceptors (Lipinski definition) is 4. The average molecular weight is 493 g/mol. The van der Waals surface area contributed by atoms with Crippen LogP contribution in [0.3, 0.4) is 0 Å². The van der Waals surface area contributed by atoms with E-state index < -0.39 is 5.82 Å². The van der Waals surface area contributed by atoms with Crippen molar-refractivity contribution in [2.24, 2.45) is 5.92 Å². The third kappa shape index (κ3) is 5.40. The molecule has 0 saturated heterocycles. The molecular weight excluding hydrogens is 463 g/mol. The lowest BCUT2D eigenvalue weighted by molar-refractivity contribution is -0.135. The molecule has 7 heteroatoms. The summed E-state index contributed by atoms with van der Waals surface area (Å²) in [4.78, 5) is 31.6. The summed E-state index contributed by atoms with van der Waals surface area (Å²) in [6.45, 7) is 3.43. The number of halogens is 1. The Morgan fingerprint density at radius 1 is 1.14 bits per heavy atom. The van der Waals surface area contributed by atoms with Gasteiger partial charge in [0.25, 0.3) is 5.91 Å². The quantitative estimate of drug-likeness (QED) is 0.431. The van der Waals surface area contributed by atoms with Crippen molar-refractivity contribution in [3.8, 4) is 5.75 Å². The molecule has 1 aliphatic carbocycles.